The Morgan fingerprint density at radius 3 is 2.06 bits per heavy atom. The molecule has 0 bridgehead atoms. The Balaban J connectivity index is 3.30. The molecule has 17 heavy (non-hydrogen) atoms. The summed E-state index contributed by atoms with van der Waals surface area (Å²) in [7, 11) is 0. The van der Waals surface area contributed by atoms with Gasteiger partial charge in [-0.15, -0.1) is 6.58 Å². The van der Waals surface area contributed by atoms with Crippen LogP contribution in [0.4, 0.5) is 0 Å². The lowest BCUT2D eigenvalue weighted by atomic mass is 9.77. The molecule has 0 saturated heterocycles. The molecule has 0 radical (unpaired) electrons. The molecule has 1 aromatic carbocycles. The van der Waals surface area contributed by atoms with Crippen molar-refractivity contribution in [3.8, 4) is 0 Å². The first kappa shape index (κ1) is 13.3. The van der Waals surface area contributed by atoms with Gasteiger partial charge in [-0.1, -0.05) is 36.4 Å². The van der Waals surface area contributed by atoms with Gasteiger partial charge in [0.25, 0.3) is 0 Å². The molecule has 0 fully saturated rings. The smallest absolute Gasteiger partial charge is 0.190 e. The minimum absolute atomic E-state index is 0.571. The molecular weight excluding hydrogens is 216 g/mol. The maximum Gasteiger partial charge on any atom is 0.190 e. The van der Waals surface area contributed by atoms with Gasteiger partial charge in [0.15, 0.2) is 17.2 Å². The highest BCUT2D eigenvalue weighted by Crippen LogP contribution is 2.31. The summed E-state index contributed by atoms with van der Waals surface area (Å²) in [5.41, 5.74) is -1.33. The molecule has 0 aliphatic rings. The standard InChI is InChI=1S/C14H16O3/c1-4-13(12-8-6-5-7-9-12)14(17,10(2)15)11(3)16/h4-9,13,17H,1H2,2-3H3/t13-/m1/s1. The SMILES string of the molecule is C=C[C@H](c1ccccc1)C(O)(C(C)=O)C(C)=O. The van der Waals surface area contributed by atoms with Crippen molar-refractivity contribution in [1.82, 2.24) is 0 Å². The van der Waals surface area contributed by atoms with Crippen molar-refractivity contribution < 1.29 is 14.7 Å². The quantitative estimate of drug-likeness (QED) is 0.622. The maximum absolute atomic E-state index is 11.6. The number of aliphatic hydroxyl groups is 1. The lowest BCUT2D eigenvalue weighted by Crippen LogP contribution is -2.48. The van der Waals surface area contributed by atoms with E-state index in [1.807, 2.05) is 6.07 Å². The van der Waals surface area contributed by atoms with Crippen LogP contribution >= 0.6 is 0 Å². The Hall–Kier alpha value is -1.74. The van der Waals surface area contributed by atoms with E-state index in [0.29, 0.717) is 5.56 Å². The third-order valence-electron chi connectivity index (χ3n) is 2.92. The van der Waals surface area contributed by atoms with Crippen LogP contribution in [0.1, 0.15) is 25.3 Å². The second kappa shape index (κ2) is 5.06. The number of hydrogen-bond acceptors (Lipinski definition) is 3. The van der Waals surface area contributed by atoms with E-state index in [-0.39, 0.29) is 0 Å². The molecule has 90 valence electrons. The van der Waals surface area contributed by atoms with Gasteiger partial charge in [-0.3, -0.25) is 9.59 Å². The van der Waals surface area contributed by atoms with E-state index < -0.39 is 23.1 Å². The monoisotopic (exact) mass is 232 g/mol. The number of carbonyl (C=O) groups excluding carboxylic acids is 2. The molecule has 1 aromatic rings. The number of benzene rings is 1. The molecule has 1 atom stereocenters. The first-order valence-electron chi connectivity index (χ1n) is 5.36. The normalized spacial score (nSPS) is 12.9. The summed E-state index contributed by atoms with van der Waals surface area (Å²) in [5.74, 6) is -1.86. The van der Waals surface area contributed by atoms with Crippen LogP contribution < -0.4 is 0 Å². The number of rotatable bonds is 5. The first-order valence-corrected chi connectivity index (χ1v) is 5.36. The van der Waals surface area contributed by atoms with E-state index in [1.54, 1.807) is 24.3 Å². The van der Waals surface area contributed by atoms with Gasteiger partial charge < -0.3 is 5.11 Å². The predicted octanol–water partition coefficient (Wildman–Crippen LogP) is 1.87. The minimum atomic E-state index is -2.02. The second-order valence-electron chi connectivity index (χ2n) is 4.00. The van der Waals surface area contributed by atoms with Gasteiger partial charge in [-0.25, -0.2) is 0 Å². The van der Waals surface area contributed by atoms with Gasteiger partial charge >= 0.3 is 0 Å². The molecule has 3 heteroatoms. The van der Waals surface area contributed by atoms with Crippen LogP contribution in [0.3, 0.4) is 0 Å². The molecule has 0 aliphatic heterocycles. The third kappa shape index (κ3) is 2.34. The van der Waals surface area contributed by atoms with Gasteiger partial charge in [0, 0.05) is 5.92 Å². The molecule has 1 rings (SSSR count). The summed E-state index contributed by atoms with van der Waals surface area (Å²) in [5, 5.41) is 10.3. The second-order valence-corrected chi connectivity index (χ2v) is 4.00. The van der Waals surface area contributed by atoms with Crippen LogP contribution in [0, 0.1) is 0 Å². The molecule has 1 N–H and O–H groups in total. The Labute approximate surface area is 101 Å². The topological polar surface area (TPSA) is 54.4 Å². The van der Waals surface area contributed by atoms with E-state index in [1.165, 1.54) is 19.9 Å². The summed E-state index contributed by atoms with van der Waals surface area (Å²) in [6, 6.07) is 8.90. The van der Waals surface area contributed by atoms with Crippen LogP contribution in [-0.2, 0) is 9.59 Å². The van der Waals surface area contributed by atoms with E-state index in [4.69, 9.17) is 0 Å². The highest BCUT2D eigenvalue weighted by atomic mass is 16.3. The van der Waals surface area contributed by atoms with Gasteiger partial charge in [0.1, 0.15) is 0 Å². The van der Waals surface area contributed by atoms with Gasteiger partial charge in [-0.05, 0) is 19.4 Å². The number of Topliss-reactive ketones (excluding diaryl/α,β-unsaturated/α-hetero) is 2. The van der Waals surface area contributed by atoms with E-state index in [9.17, 15) is 14.7 Å². The minimum Gasteiger partial charge on any atom is -0.374 e. The van der Waals surface area contributed by atoms with E-state index >= 15 is 0 Å². The molecule has 0 spiro atoms. The zero-order valence-electron chi connectivity index (χ0n) is 10.0. The molecule has 0 heterocycles. The molecule has 0 saturated carbocycles. The van der Waals surface area contributed by atoms with Gasteiger partial charge in [0.2, 0.25) is 0 Å². The highest BCUT2D eigenvalue weighted by molar-refractivity contribution is 6.09. The van der Waals surface area contributed by atoms with E-state index in [0.717, 1.165) is 0 Å². The highest BCUT2D eigenvalue weighted by Gasteiger charge is 2.45. The van der Waals surface area contributed by atoms with Gasteiger partial charge in [0.05, 0.1) is 0 Å². The van der Waals surface area contributed by atoms with Crippen molar-refractivity contribution in [2.24, 2.45) is 0 Å². The fraction of sp³-hybridized carbons (Fsp3) is 0.286. The van der Waals surface area contributed by atoms with Crippen LogP contribution in [0.15, 0.2) is 43.0 Å². The molecule has 3 nitrogen and oxygen atoms in total. The molecule has 0 amide bonds. The Kier molecular flexibility index (Phi) is 3.97. The third-order valence-corrected chi connectivity index (χ3v) is 2.92. The molecule has 0 aliphatic carbocycles. The number of carbonyl (C=O) groups is 2. The van der Waals surface area contributed by atoms with Crippen molar-refractivity contribution >= 4 is 11.6 Å². The van der Waals surface area contributed by atoms with Crippen molar-refractivity contribution in [3.63, 3.8) is 0 Å². The van der Waals surface area contributed by atoms with Crippen molar-refractivity contribution in [1.29, 1.82) is 0 Å². The fourth-order valence-corrected chi connectivity index (χ4v) is 1.89. The molecule has 0 aromatic heterocycles. The summed E-state index contributed by atoms with van der Waals surface area (Å²) in [6.07, 6.45) is 1.43. The lowest BCUT2D eigenvalue weighted by Gasteiger charge is -2.30. The van der Waals surface area contributed by atoms with Crippen molar-refractivity contribution in [2.75, 3.05) is 0 Å². The Morgan fingerprint density at radius 2 is 1.71 bits per heavy atom. The maximum atomic E-state index is 11.6. The van der Waals surface area contributed by atoms with Crippen molar-refractivity contribution in [2.45, 2.75) is 25.4 Å². The van der Waals surface area contributed by atoms with Crippen LogP contribution in [0.25, 0.3) is 0 Å². The Morgan fingerprint density at radius 1 is 1.24 bits per heavy atom. The zero-order chi connectivity index (χ0) is 13.1. The average molecular weight is 232 g/mol. The zero-order valence-corrected chi connectivity index (χ0v) is 10.0. The lowest BCUT2D eigenvalue weighted by molar-refractivity contribution is -0.149. The van der Waals surface area contributed by atoms with Crippen molar-refractivity contribution in [3.05, 3.63) is 48.6 Å². The largest absolute Gasteiger partial charge is 0.374 e. The van der Waals surface area contributed by atoms with Crippen LogP contribution in [0.5, 0.6) is 0 Å². The van der Waals surface area contributed by atoms with Crippen LogP contribution in [0.2, 0.25) is 0 Å². The Bertz CT molecular complexity index is 420. The first-order chi connectivity index (χ1) is 7.94. The number of hydrogen-bond donors (Lipinski definition) is 1. The molecule has 0 unspecified atom stereocenters. The summed E-state index contributed by atoms with van der Waals surface area (Å²) >= 11 is 0. The summed E-state index contributed by atoms with van der Waals surface area (Å²) in [6.45, 7) is 6.02. The summed E-state index contributed by atoms with van der Waals surface area (Å²) < 4.78 is 0. The predicted molar refractivity (Wildman–Crippen MR) is 65.7 cm³/mol. The van der Waals surface area contributed by atoms with Crippen LogP contribution in [-0.4, -0.2) is 22.3 Å². The van der Waals surface area contributed by atoms with Gasteiger partial charge in [-0.2, -0.15) is 0 Å². The van der Waals surface area contributed by atoms with E-state index in [2.05, 4.69) is 6.58 Å². The average Bonchev–Trinajstić information content (AvgIpc) is 2.30. The summed E-state index contributed by atoms with van der Waals surface area (Å²) in [4.78, 5) is 23.1. The number of ketones is 2. The molecular formula is C14H16O3. The fourth-order valence-electron chi connectivity index (χ4n) is 1.89.